The minimum absolute atomic E-state index is 0.185. The van der Waals surface area contributed by atoms with Crippen molar-refractivity contribution in [2.45, 2.75) is 56.5 Å². The first kappa shape index (κ1) is 14.1. The summed E-state index contributed by atoms with van der Waals surface area (Å²) in [4.78, 5) is 0.296. The Morgan fingerprint density at radius 3 is 2.80 bits per heavy atom. The van der Waals surface area contributed by atoms with Crippen molar-refractivity contribution in [1.82, 2.24) is 4.31 Å². The molecule has 112 valence electrons. The van der Waals surface area contributed by atoms with Gasteiger partial charge in [-0.1, -0.05) is 12.8 Å². The molecule has 1 aromatic heterocycles. The predicted octanol–water partition coefficient (Wildman–Crippen LogP) is 2.00. The molecule has 2 heterocycles. The Morgan fingerprint density at radius 1 is 1.35 bits per heavy atom. The van der Waals surface area contributed by atoms with Crippen LogP contribution in [-0.4, -0.2) is 25.3 Å². The summed E-state index contributed by atoms with van der Waals surface area (Å²) in [5.74, 6) is 1.52. The summed E-state index contributed by atoms with van der Waals surface area (Å²) in [6.07, 6.45) is 5.51. The fourth-order valence-corrected chi connectivity index (χ4v) is 5.59. The zero-order chi connectivity index (χ0) is 14.3. The summed E-state index contributed by atoms with van der Waals surface area (Å²) in [5, 5.41) is 0. The van der Waals surface area contributed by atoms with E-state index in [1.807, 2.05) is 0 Å². The lowest BCUT2D eigenvalue weighted by atomic mass is 9.86. The van der Waals surface area contributed by atoms with E-state index in [4.69, 9.17) is 10.2 Å². The van der Waals surface area contributed by atoms with Gasteiger partial charge in [-0.2, -0.15) is 4.31 Å². The molecule has 5 nitrogen and oxygen atoms in total. The highest BCUT2D eigenvalue weighted by Gasteiger charge is 2.43. The van der Waals surface area contributed by atoms with Crippen molar-refractivity contribution in [3.63, 3.8) is 0 Å². The third-order valence-electron chi connectivity index (χ3n) is 4.67. The number of hydrogen-bond acceptors (Lipinski definition) is 4. The monoisotopic (exact) mass is 298 g/mol. The number of hydrogen-bond donors (Lipinski definition) is 1. The van der Waals surface area contributed by atoms with Crippen LogP contribution < -0.4 is 5.73 Å². The van der Waals surface area contributed by atoms with Crippen molar-refractivity contribution < 1.29 is 12.8 Å². The fourth-order valence-electron chi connectivity index (χ4n) is 3.67. The van der Waals surface area contributed by atoms with Gasteiger partial charge in [0, 0.05) is 18.7 Å². The molecule has 0 amide bonds. The maximum atomic E-state index is 12.9. The van der Waals surface area contributed by atoms with Crippen LogP contribution in [0.3, 0.4) is 0 Å². The largest absolute Gasteiger partial charge is 0.464 e. The van der Waals surface area contributed by atoms with Gasteiger partial charge < -0.3 is 10.2 Å². The molecule has 2 N–H and O–H groups in total. The van der Waals surface area contributed by atoms with Gasteiger partial charge in [-0.15, -0.1) is 0 Å². The van der Waals surface area contributed by atoms with Gasteiger partial charge in [-0.25, -0.2) is 8.42 Å². The standard InChI is InChI=1S/C14H22N2O3S/c1-10-14(8-12(9-15)19-10)20(17,18)16-7-6-11-4-2-3-5-13(11)16/h8,11,13H,2-7,9,15H2,1H3. The summed E-state index contributed by atoms with van der Waals surface area (Å²) in [5.41, 5.74) is 5.53. The molecule has 1 saturated heterocycles. The molecule has 0 radical (unpaired) electrons. The number of rotatable bonds is 3. The second kappa shape index (κ2) is 5.16. The van der Waals surface area contributed by atoms with Crippen LogP contribution in [0.4, 0.5) is 0 Å². The maximum absolute atomic E-state index is 12.9. The highest BCUT2D eigenvalue weighted by Crippen LogP contribution is 2.39. The van der Waals surface area contributed by atoms with Gasteiger partial charge in [-0.05, 0) is 32.1 Å². The highest BCUT2D eigenvalue weighted by atomic mass is 32.2. The minimum atomic E-state index is -3.44. The van der Waals surface area contributed by atoms with Crippen LogP contribution in [-0.2, 0) is 16.6 Å². The van der Waals surface area contributed by atoms with E-state index in [2.05, 4.69) is 0 Å². The van der Waals surface area contributed by atoms with Gasteiger partial charge in [0.15, 0.2) is 0 Å². The Labute approximate surface area is 120 Å². The number of furan rings is 1. The highest BCUT2D eigenvalue weighted by molar-refractivity contribution is 7.89. The molecular weight excluding hydrogens is 276 g/mol. The predicted molar refractivity (Wildman–Crippen MR) is 75.6 cm³/mol. The van der Waals surface area contributed by atoms with Crippen LogP contribution in [0, 0.1) is 12.8 Å². The normalized spacial score (nSPS) is 27.7. The molecule has 2 atom stereocenters. The van der Waals surface area contributed by atoms with E-state index in [-0.39, 0.29) is 12.6 Å². The van der Waals surface area contributed by atoms with Crippen LogP contribution >= 0.6 is 0 Å². The lowest BCUT2D eigenvalue weighted by Crippen LogP contribution is -2.39. The van der Waals surface area contributed by atoms with E-state index in [1.165, 1.54) is 6.42 Å². The van der Waals surface area contributed by atoms with Crippen LogP contribution in [0.15, 0.2) is 15.4 Å². The van der Waals surface area contributed by atoms with Crippen molar-refractivity contribution in [1.29, 1.82) is 0 Å². The second-order valence-corrected chi connectivity index (χ2v) is 7.71. The van der Waals surface area contributed by atoms with Gasteiger partial charge in [0.25, 0.3) is 0 Å². The average molecular weight is 298 g/mol. The summed E-state index contributed by atoms with van der Waals surface area (Å²) in [6.45, 7) is 2.56. The van der Waals surface area contributed by atoms with Crippen molar-refractivity contribution >= 4 is 10.0 Å². The molecule has 2 aliphatic rings. The molecule has 1 aromatic rings. The summed E-state index contributed by atoms with van der Waals surface area (Å²) < 4.78 is 32.8. The first-order valence-electron chi connectivity index (χ1n) is 7.35. The van der Waals surface area contributed by atoms with E-state index < -0.39 is 10.0 Å². The van der Waals surface area contributed by atoms with Crippen LogP contribution in [0.1, 0.15) is 43.6 Å². The Morgan fingerprint density at radius 2 is 2.10 bits per heavy atom. The number of nitrogens with zero attached hydrogens (tertiary/aromatic N) is 1. The molecule has 0 spiro atoms. The molecule has 2 unspecified atom stereocenters. The molecule has 1 aliphatic heterocycles. The van der Waals surface area contributed by atoms with Gasteiger partial charge in [-0.3, -0.25) is 0 Å². The molecule has 3 rings (SSSR count). The quantitative estimate of drug-likeness (QED) is 0.926. The Hall–Kier alpha value is -0.850. The maximum Gasteiger partial charge on any atom is 0.246 e. The molecule has 6 heteroatoms. The lowest BCUT2D eigenvalue weighted by molar-refractivity contribution is 0.260. The summed E-state index contributed by atoms with van der Waals surface area (Å²) >= 11 is 0. The van der Waals surface area contributed by atoms with Gasteiger partial charge in [0.05, 0.1) is 6.54 Å². The van der Waals surface area contributed by atoms with E-state index in [0.29, 0.717) is 28.9 Å². The third-order valence-corrected chi connectivity index (χ3v) is 6.70. The first-order chi connectivity index (χ1) is 9.54. The van der Waals surface area contributed by atoms with Crippen molar-refractivity contribution in [2.75, 3.05) is 6.54 Å². The molecular formula is C14H22N2O3S. The summed E-state index contributed by atoms with van der Waals surface area (Å²) in [7, 11) is -3.44. The molecule has 0 bridgehead atoms. The zero-order valence-electron chi connectivity index (χ0n) is 11.8. The number of fused-ring (bicyclic) bond motifs is 1. The van der Waals surface area contributed by atoms with Crippen molar-refractivity contribution in [3.05, 3.63) is 17.6 Å². The zero-order valence-corrected chi connectivity index (χ0v) is 12.7. The smallest absolute Gasteiger partial charge is 0.246 e. The minimum Gasteiger partial charge on any atom is -0.464 e. The lowest BCUT2D eigenvalue weighted by Gasteiger charge is -2.30. The van der Waals surface area contributed by atoms with E-state index >= 15 is 0 Å². The van der Waals surface area contributed by atoms with Crippen LogP contribution in [0.25, 0.3) is 0 Å². The topological polar surface area (TPSA) is 76.5 Å². The van der Waals surface area contributed by atoms with Crippen LogP contribution in [0.5, 0.6) is 0 Å². The van der Waals surface area contributed by atoms with E-state index in [9.17, 15) is 8.42 Å². The van der Waals surface area contributed by atoms with Crippen LogP contribution in [0.2, 0.25) is 0 Å². The Bertz CT molecular complexity index is 594. The molecule has 1 aliphatic carbocycles. The number of aryl methyl sites for hydroxylation is 1. The van der Waals surface area contributed by atoms with E-state index in [0.717, 1.165) is 25.7 Å². The van der Waals surface area contributed by atoms with Crippen molar-refractivity contribution in [2.24, 2.45) is 11.7 Å². The van der Waals surface area contributed by atoms with Crippen molar-refractivity contribution in [3.8, 4) is 0 Å². The van der Waals surface area contributed by atoms with Gasteiger partial charge in [0.2, 0.25) is 10.0 Å². The second-order valence-electron chi connectivity index (χ2n) is 5.85. The third kappa shape index (κ3) is 2.19. The number of sulfonamides is 1. The van der Waals surface area contributed by atoms with Gasteiger partial charge in [0.1, 0.15) is 16.4 Å². The number of nitrogens with two attached hydrogens (primary N) is 1. The molecule has 2 fully saturated rings. The van der Waals surface area contributed by atoms with Gasteiger partial charge >= 0.3 is 0 Å². The molecule has 20 heavy (non-hydrogen) atoms. The summed E-state index contributed by atoms with van der Waals surface area (Å²) in [6, 6.07) is 1.77. The SMILES string of the molecule is Cc1oc(CN)cc1S(=O)(=O)N1CCC2CCCCC21. The molecule has 1 saturated carbocycles. The Kier molecular flexibility index (Phi) is 3.64. The Balaban J connectivity index is 1.93. The fraction of sp³-hybridized carbons (Fsp3) is 0.714. The first-order valence-corrected chi connectivity index (χ1v) is 8.79. The molecule has 0 aromatic carbocycles. The average Bonchev–Trinajstić information content (AvgIpc) is 3.02. The van der Waals surface area contributed by atoms with E-state index in [1.54, 1.807) is 17.3 Å².